The molecule has 2 bridgehead atoms. The molecule has 5 atom stereocenters. The molecule has 4 heteroatoms. The summed E-state index contributed by atoms with van der Waals surface area (Å²) in [5, 5.41) is 0. The number of hydrogen-bond donors (Lipinski definition) is 0. The Morgan fingerprint density at radius 1 is 1.11 bits per heavy atom. The van der Waals surface area contributed by atoms with Gasteiger partial charge in [-0.1, -0.05) is 48.6 Å². The Morgan fingerprint density at radius 2 is 1.82 bits per heavy atom. The van der Waals surface area contributed by atoms with Crippen LogP contribution in [-0.2, 0) is 15.0 Å². The quantitative estimate of drug-likeness (QED) is 0.753. The van der Waals surface area contributed by atoms with Crippen LogP contribution in [0.5, 0.6) is 5.75 Å². The first-order valence-corrected chi connectivity index (χ1v) is 9.77. The van der Waals surface area contributed by atoms with Crippen LogP contribution in [0.4, 0.5) is 0 Å². The molecular weight excluding hydrogens is 350 g/mol. The minimum atomic E-state index is -0.474. The Balaban J connectivity index is 1.76. The average Bonchev–Trinajstić information content (AvgIpc) is 2.96. The number of benzene rings is 2. The molecule has 2 aromatic rings. The molecule has 6 rings (SSSR count). The summed E-state index contributed by atoms with van der Waals surface area (Å²) < 4.78 is 5.31. The molecule has 0 radical (unpaired) electrons. The zero-order valence-electron chi connectivity index (χ0n) is 16.3. The van der Waals surface area contributed by atoms with Crippen LogP contribution in [0.15, 0.2) is 60.7 Å². The summed E-state index contributed by atoms with van der Waals surface area (Å²) in [5.41, 5.74) is 3.11. The first-order chi connectivity index (χ1) is 13.5. The number of imide groups is 1. The Morgan fingerprint density at radius 3 is 2.50 bits per heavy atom. The number of carbonyl (C=O) groups excluding carboxylic acids is 2. The van der Waals surface area contributed by atoms with Gasteiger partial charge in [-0.05, 0) is 35.7 Å². The fourth-order valence-electron chi connectivity index (χ4n) is 5.92. The third kappa shape index (κ3) is 1.95. The smallest absolute Gasteiger partial charge is 0.234 e. The van der Waals surface area contributed by atoms with Crippen molar-refractivity contribution in [1.82, 2.24) is 4.90 Å². The number of hydrogen-bond acceptors (Lipinski definition) is 3. The Hall–Kier alpha value is -2.88. The number of allylic oxidation sites excluding steroid dienone is 1. The van der Waals surface area contributed by atoms with Crippen LogP contribution in [0.1, 0.15) is 42.4 Å². The van der Waals surface area contributed by atoms with Crippen LogP contribution < -0.4 is 4.74 Å². The summed E-state index contributed by atoms with van der Waals surface area (Å²) in [7, 11) is 1.65. The second kappa shape index (κ2) is 5.81. The summed E-state index contributed by atoms with van der Waals surface area (Å²) in [6.45, 7) is 3.50. The highest BCUT2D eigenvalue weighted by molar-refractivity contribution is 6.01. The minimum absolute atomic E-state index is 0.00473. The molecule has 1 heterocycles. The number of amides is 2. The highest BCUT2D eigenvalue weighted by Gasteiger charge is 2.66. The molecular formula is C24H23NO3. The molecule has 1 aliphatic heterocycles. The van der Waals surface area contributed by atoms with Gasteiger partial charge in [0.25, 0.3) is 0 Å². The van der Waals surface area contributed by atoms with Crippen molar-refractivity contribution in [1.29, 1.82) is 0 Å². The van der Waals surface area contributed by atoms with Crippen LogP contribution in [0.25, 0.3) is 0 Å². The van der Waals surface area contributed by atoms with E-state index >= 15 is 0 Å². The molecule has 1 saturated heterocycles. The average molecular weight is 373 g/mol. The number of carbonyl (C=O) groups is 2. The summed E-state index contributed by atoms with van der Waals surface area (Å²) in [6.07, 6.45) is 4.46. The van der Waals surface area contributed by atoms with Gasteiger partial charge in [-0.25, -0.2) is 0 Å². The van der Waals surface area contributed by atoms with E-state index in [4.69, 9.17) is 4.74 Å². The summed E-state index contributed by atoms with van der Waals surface area (Å²) in [4.78, 5) is 27.4. The van der Waals surface area contributed by atoms with Gasteiger partial charge in [0.15, 0.2) is 0 Å². The molecule has 0 unspecified atom stereocenters. The predicted molar refractivity (Wildman–Crippen MR) is 106 cm³/mol. The number of nitrogens with zero attached hydrogens (tertiary/aromatic N) is 1. The minimum Gasteiger partial charge on any atom is -0.497 e. The molecule has 0 aromatic heterocycles. The van der Waals surface area contributed by atoms with E-state index in [-0.39, 0.29) is 35.6 Å². The van der Waals surface area contributed by atoms with Crippen molar-refractivity contribution in [2.24, 2.45) is 5.92 Å². The van der Waals surface area contributed by atoms with Crippen LogP contribution >= 0.6 is 0 Å². The topological polar surface area (TPSA) is 46.6 Å². The lowest BCUT2D eigenvalue weighted by atomic mass is 9.50. The van der Waals surface area contributed by atoms with Crippen LogP contribution in [-0.4, -0.2) is 29.9 Å². The summed E-state index contributed by atoms with van der Waals surface area (Å²) >= 11 is 0. The fourth-order valence-corrected chi connectivity index (χ4v) is 5.92. The number of rotatable bonds is 2. The Bertz CT molecular complexity index is 1010. The molecule has 4 nitrogen and oxygen atoms in total. The van der Waals surface area contributed by atoms with Crippen molar-refractivity contribution in [3.05, 3.63) is 77.4 Å². The highest BCUT2D eigenvalue weighted by Crippen LogP contribution is 2.64. The van der Waals surface area contributed by atoms with Gasteiger partial charge < -0.3 is 4.74 Å². The van der Waals surface area contributed by atoms with Gasteiger partial charge >= 0.3 is 0 Å². The van der Waals surface area contributed by atoms with Crippen molar-refractivity contribution in [2.75, 3.05) is 7.11 Å². The van der Waals surface area contributed by atoms with Gasteiger partial charge in [0.1, 0.15) is 5.75 Å². The number of likely N-dealkylation sites (tertiary alicyclic amines) is 1. The molecule has 4 aliphatic rings. The monoisotopic (exact) mass is 373 g/mol. The second-order valence-electron chi connectivity index (χ2n) is 8.09. The molecule has 2 amide bonds. The van der Waals surface area contributed by atoms with Crippen molar-refractivity contribution < 1.29 is 14.3 Å². The first kappa shape index (κ1) is 17.2. The van der Waals surface area contributed by atoms with E-state index in [9.17, 15) is 9.59 Å². The van der Waals surface area contributed by atoms with Gasteiger partial charge in [-0.2, -0.15) is 0 Å². The normalized spacial score (nSPS) is 32.2. The van der Waals surface area contributed by atoms with E-state index in [0.29, 0.717) is 0 Å². The highest BCUT2D eigenvalue weighted by atomic mass is 16.5. The Kier molecular flexibility index (Phi) is 3.57. The van der Waals surface area contributed by atoms with Crippen molar-refractivity contribution >= 4 is 11.8 Å². The lowest BCUT2D eigenvalue weighted by molar-refractivity contribution is -0.143. The molecule has 142 valence electrons. The molecule has 3 aliphatic carbocycles. The zero-order chi connectivity index (χ0) is 19.6. The van der Waals surface area contributed by atoms with Crippen molar-refractivity contribution in [2.45, 2.75) is 37.1 Å². The van der Waals surface area contributed by atoms with Crippen LogP contribution in [0.3, 0.4) is 0 Å². The van der Waals surface area contributed by atoms with Gasteiger partial charge in [0, 0.05) is 24.2 Å². The van der Waals surface area contributed by atoms with E-state index in [1.807, 2.05) is 25.1 Å². The molecule has 1 fully saturated rings. The second-order valence-corrected chi connectivity index (χ2v) is 8.09. The molecule has 0 saturated carbocycles. The maximum absolute atomic E-state index is 13.5. The first-order valence-electron chi connectivity index (χ1n) is 9.77. The molecule has 0 N–H and O–H groups in total. The standard InChI is InChI=1S/C24H23NO3/c1-14-24-13-12-19(18-6-4-5-7-20(18)24)21(16-8-10-17(28-3)11-9-16)22(24)23(27)25(14)15(2)26/h4-14,19,21-22H,1-3H3/t14-,19+,21+,22+,24+/m0/s1. The third-order valence-corrected chi connectivity index (χ3v) is 7.05. The maximum Gasteiger partial charge on any atom is 0.234 e. The van der Waals surface area contributed by atoms with Gasteiger partial charge in [-0.3, -0.25) is 14.5 Å². The van der Waals surface area contributed by atoms with Gasteiger partial charge in [-0.15, -0.1) is 0 Å². The van der Waals surface area contributed by atoms with Crippen LogP contribution in [0.2, 0.25) is 0 Å². The largest absolute Gasteiger partial charge is 0.497 e. The van der Waals surface area contributed by atoms with Crippen molar-refractivity contribution in [3.8, 4) is 5.75 Å². The number of methoxy groups -OCH3 is 1. The third-order valence-electron chi connectivity index (χ3n) is 7.05. The summed E-state index contributed by atoms with van der Waals surface area (Å²) in [6, 6.07) is 16.2. The van der Waals surface area contributed by atoms with E-state index in [0.717, 1.165) is 11.3 Å². The van der Waals surface area contributed by atoms with E-state index in [1.54, 1.807) is 7.11 Å². The molecule has 2 aromatic carbocycles. The fraction of sp³-hybridized carbons (Fsp3) is 0.333. The Labute approximate surface area is 164 Å². The lowest BCUT2D eigenvalue weighted by Crippen LogP contribution is -2.50. The molecule has 28 heavy (non-hydrogen) atoms. The molecule has 1 spiro atoms. The SMILES string of the molecule is COc1ccc([C@@H]2[C@@H]3C=C[C@]4(c5ccccc53)[C@H](C)N(C(C)=O)C(=O)[C@@H]24)cc1. The van der Waals surface area contributed by atoms with Gasteiger partial charge in [0.05, 0.1) is 19.1 Å². The van der Waals surface area contributed by atoms with E-state index < -0.39 is 5.41 Å². The van der Waals surface area contributed by atoms with Crippen molar-refractivity contribution in [3.63, 3.8) is 0 Å². The lowest BCUT2D eigenvalue weighted by Gasteiger charge is -2.51. The zero-order valence-corrected chi connectivity index (χ0v) is 16.3. The van der Waals surface area contributed by atoms with E-state index in [2.05, 4.69) is 42.5 Å². The maximum atomic E-state index is 13.5. The van der Waals surface area contributed by atoms with Gasteiger partial charge in [0.2, 0.25) is 11.8 Å². The predicted octanol–water partition coefficient (Wildman–Crippen LogP) is 3.78. The number of ether oxygens (including phenoxy) is 1. The van der Waals surface area contributed by atoms with Crippen LogP contribution in [0, 0.1) is 5.92 Å². The van der Waals surface area contributed by atoms with E-state index in [1.165, 1.54) is 23.0 Å². The summed E-state index contributed by atoms with van der Waals surface area (Å²) in [5.74, 6) is 0.426.